The van der Waals surface area contributed by atoms with Crippen molar-refractivity contribution in [2.24, 2.45) is 0 Å². The topological polar surface area (TPSA) is 76.9 Å². The van der Waals surface area contributed by atoms with Gasteiger partial charge in [-0.05, 0) is 48.5 Å². The van der Waals surface area contributed by atoms with Crippen molar-refractivity contribution in [3.05, 3.63) is 72.9 Å². The van der Waals surface area contributed by atoms with Crippen LogP contribution >= 0.6 is 0 Å². The summed E-state index contributed by atoms with van der Waals surface area (Å²) in [6.45, 7) is 0.0733. The molecule has 0 fully saturated rings. The zero-order valence-electron chi connectivity index (χ0n) is 16.8. The Morgan fingerprint density at radius 3 is 2.50 bits per heavy atom. The summed E-state index contributed by atoms with van der Waals surface area (Å²) in [6, 6.07) is 20.7. The second kappa shape index (κ2) is 8.57. The molecular formula is C23H22N4O3. The summed E-state index contributed by atoms with van der Waals surface area (Å²) in [7, 11) is 3.20. The fraction of sp³-hybridized carbons (Fsp3) is 0.130. The summed E-state index contributed by atoms with van der Waals surface area (Å²) in [5, 5.41) is 6.11. The van der Waals surface area contributed by atoms with Gasteiger partial charge in [-0.25, -0.2) is 4.98 Å². The lowest BCUT2D eigenvalue weighted by molar-refractivity contribution is -0.114. The smallest absolute Gasteiger partial charge is 0.243 e. The zero-order chi connectivity index (χ0) is 20.9. The third-order valence-electron chi connectivity index (χ3n) is 4.69. The van der Waals surface area contributed by atoms with E-state index in [1.807, 2.05) is 65.2 Å². The summed E-state index contributed by atoms with van der Waals surface area (Å²) >= 11 is 0. The number of para-hydroxylation sites is 2. The summed E-state index contributed by atoms with van der Waals surface area (Å²) in [6.07, 6.45) is 1.91. The number of imidazole rings is 1. The molecule has 7 heteroatoms. The molecule has 4 aromatic rings. The Balaban J connectivity index is 1.59. The first kappa shape index (κ1) is 19.3. The molecule has 0 unspecified atom stereocenters. The Hall–Kier alpha value is -4.00. The SMILES string of the molecule is COc1ccc(-c2nc3ccccn3c2NCC(=O)Nc2ccccc2OC)cc1. The predicted octanol–water partition coefficient (Wildman–Crippen LogP) is 4.07. The van der Waals surface area contributed by atoms with E-state index in [1.54, 1.807) is 26.4 Å². The number of rotatable bonds is 7. The number of pyridine rings is 1. The number of ether oxygens (including phenoxy) is 2. The first-order valence-corrected chi connectivity index (χ1v) is 9.48. The van der Waals surface area contributed by atoms with Crippen LogP contribution in [0.1, 0.15) is 0 Å². The van der Waals surface area contributed by atoms with Crippen LogP contribution in [0.25, 0.3) is 16.9 Å². The summed E-state index contributed by atoms with van der Waals surface area (Å²) in [5.41, 5.74) is 3.09. The van der Waals surface area contributed by atoms with E-state index in [-0.39, 0.29) is 12.5 Å². The number of amides is 1. The highest BCUT2D eigenvalue weighted by Gasteiger charge is 2.15. The molecule has 2 aromatic heterocycles. The van der Waals surface area contributed by atoms with Crippen LogP contribution in [0.4, 0.5) is 11.5 Å². The van der Waals surface area contributed by atoms with Gasteiger partial charge >= 0.3 is 0 Å². The van der Waals surface area contributed by atoms with Crippen LogP contribution in [-0.4, -0.2) is 36.1 Å². The van der Waals surface area contributed by atoms with Crippen LogP contribution < -0.4 is 20.1 Å². The van der Waals surface area contributed by atoms with Gasteiger partial charge in [0.2, 0.25) is 5.91 Å². The minimum absolute atomic E-state index is 0.0733. The minimum Gasteiger partial charge on any atom is -0.497 e. The molecule has 2 heterocycles. The molecule has 0 bridgehead atoms. The molecule has 30 heavy (non-hydrogen) atoms. The fourth-order valence-electron chi connectivity index (χ4n) is 3.22. The average Bonchev–Trinajstić information content (AvgIpc) is 3.16. The Morgan fingerprint density at radius 2 is 1.73 bits per heavy atom. The second-order valence-corrected chi connectivity index (χ2v) is 6.57. The molecule has 1 amide bonds. The molecule has 4 rings (SSSR count). The van der Waals surface area contributed by atoms with E-state index >= 15 is 0 Å². The molecule has 2 aromatic carbocycles. The summed E-state index contributed by atoms with van der Waals surface area (Å²) in [5.74, 6) is 1.93. The van der Waals surface area contributed by atoms with Gasteiger partial charge in [-0.1, -0.05) is 18.2 Å². The zero-order valence-corrected chi connectivity index (χ0v) is 16.8. The van der Waals surface area contributed by atoms with Crippen molar-refractivity contribution >= 4 is 23.1 Å². The number of fused-ring (bicyclic) bond motifs is 1. The van der Waals surface area contributed by atoms with Gasteiger partial charge in [0.25, 0.3) is 0 Å². The lowest BCUT2D eigenvalue weighted by Gasteiger charge is -2.12. The maximum atomic E-state index is 12.6. The van der Waals surface area contributed by atoms with Gasteiger partial charge in [0, 0.05) is 11.8 Å². The van der Waals surface area contributed by atoms with Crippen molar-refractivity contribution in [2.75, 3.05) is 31.4 Å². The fourth-order valence-corrected chi connectivity index (χ4v) is 3.22. The van der Waals surface area contributed by atoms with Gasteiger partial charge in [-0.2, -0.15) is 0 Å². The first-order chi connectivity index (χ1) is 14.7. The Morgan fingerprint density at radius 1 is 0.967 bits per heavy atom. The molecule has 152 valence electrons. The molecule has 2 N–H and O–H groups in total. The maximum absolute atomic E-state index is 12.6. The van der Waals surface area contributed by atoms with Gasteiger partial charge < -0.3 is 20.1 Å². The molecule has 0 saturated carbocycles. The quantitative estimate of drug-likeness (QED) is 0.487. The third kappa shape index (κ3) is 3.91. The lowest BCUT2D eigenvalue weighted by atomic mass is 10.1. The van der Waals surface area contributed by atoms with Gasteiger partial charge in [0.1, 0.15) is 28.7 Å². The molecule has 0 radical (unpaired) electrons. The molecule has 0 aliphatic rings. The normalized spacial score (nSPS) is 10.6. The van der Waals surface area contributed by atoms with Crippen molar-refractivity contribution in [1.29, 1.82) is 0 Å². The number of nitrogens with one attached hydrogen (secondary N) is 2. The third-order valence-corrected chi connectivity index (χ3v) is 4.69. The Kier molecular flexibility index (Phi) is 5.52. The Bertz CT molecular complexity index is 1170. The number of anilines is 2. The summed E-state index contributed by atoms with van der Waals surface area (Å²) < 4.78 is 12.5. The number of hydrogen-bond donors (Lipinski definition) is 2. The molecule has 0 atom stereocenters. The monoisotopic (exact) mass is 402 g/mol. The minimum atomic E-state index is -0.189. The van der Waals surface area contributed by atoms with Crippen molar-refractivity contribution < 1.29 is 14.3 Å². The predicted molar refractivity (Wildman–Crippen MR) is 117 cm³/mol. The van der Waals surface area contributed by atoms with E-state index < -0.39 is 0 Å². The van der Waals surface area contributed by atoms with Crippen LogP contribution in [-0.2, 0) is 4.79 Å². The van der Waals surface area contributed by atoms with Crippen LogP contribution in [0.2, 0.25) is 0 Å². The number of aromatic nitrogens is 2. The van der Waals surface area contributed by atoms with E-state index in [4.69, 9.17) is 14.5 Å². The highest BCUT2D eigenvalue weighted by molar-refractivity contribution is 5.95. The number of hydrogen-bond acceptors (Lipinski definition) is 5. The van der Waals surface area contributed by atoms with E-state index in [0.717, 1.165) is 28.5 Å². The molecule has 0 aliphatic heterocycles. The Labute approximate surface area is 174 Å². The molecule has 0 spiro atoms. The van der Waals surface area contributed by atoms with Gasteiger partial charge in [-0.15, -0.1) is 0 Å². The maximum Gasteiger partial charge on any atom is 0.243 e. The van der Waals surface area contributed by atoms with Gasteiger partial charge in [-0.3, -0.25) is 9.20 Å². The van der Waals surface area contributed by atoms with E-state index in [9.17, 15) is 4.79 Å². The van der Waals surface area contributed by atoms with Crippen LogP contribution in [0.5, 0.6) is 11.5 Å². The second-order valence-electron chi connectivity index (χ2n) is 6.57. The average molecular weight is 402 g/mol. The molecular weight excluding hydrogens is 380 g/mol. The van der Waals surface area contributed by atoms with Crippen molar-refractivity contribution in [3.8, 4) is 22.8 Å². The molecule has 0 aliphatic carbocycles. The number of methoxy groups -OCH3 is 2. The molecule has 7 nitrogen and oxygen atoms in total. The van der Waals surface area contributed by atoms with Crippen molar-refractivity contribution in [1.82, 2.24) is 9.38 Å². The highest BCUT2D eigenvalue weighted by atomic mass is 16.5. The first-order valence-electron chi connectivity index (χ1n) is 9.48. The van der Waals surface area contributed by atoms with Crippen LogP contribution in [0.3, 0.4) is 0 Å². The van der Waals surface area contributed by atoms with E-state index in [2.05, 4.69) is 10.6 Å². The van der Waals surface area contributed by atoms with E-state index in [1.165, 1.54) is 0 Å². The largest absolute Gasteiger partial charge is 0.497 e. The van der Waals surface area contributed by atoms with Crippen LogP contribution in [0, 0.1) is 0 Å². The lowest BCUT2D eigenvalue weighted by Crippen LogP contribution is -2.22. The number of benzene rings is 2. The van der Waals surface area contributed by atoms with Crippen molar-refractivity contribution in [2.45, 2.75) is 0 Å². The number of carbonyl (C=O) groups excluding carboxylic acids is 1. The number of nitrogens with zero attached hydrogens (tertiary/aromatic N) is 2. The number of carbonyl (C=O) groups is 1. The van der Waals surface area contributed by atoms with Gasteiger partial charge in [0.15, 0.2) is 0 Å². The van der Waals surface area contributed by atoms with Crippen molar-refractivity contribution in [3.63, 3.8) is 0 Å². The van der Waals surface area contributed by atoms with Gasteiger partial charge in [0.05, 0.1) is 26.5 Å². The van der Waals surface area contributed by atoms with E-state index in [0.29, 0.717) is 11.4 Å². The molecule has 0 saturated heterocycles. The summed E-state index contributed by atoms with van der Waals surface area (Å²) in [4.78, 5) is 17.3. The highest BCUT2D eigenvalue weighted by Crippen LogP contribution is 2.30. The standard InChI is InChI=1S/C23H22N4O3/c1-29-17-12-10-16(11-13-17)22-23(27-14-6-5-9-20(27)26-22)24-15-21(28)25-18-7-3-4-8-19(18)30-2/h3-14,24H,15H2,1-2H3,(H,25,28). The van der Waals surface area contributed by atoms with Crippen LogP contribution in [0.15, 0.2) is 72.9 Å².